The molecule has 1 saturated heterocycles. The Kier molecular flexibility index (Phi) is 6.44. The second-order valence-corrected chi connectivity index (χ2v) is 5.25. The van der Waals surface area contributed by atoms with Crippen LogP contribution in [0.3, 0.4) is 0 Å². The third-order valence-corrected chi connectivity index (χ3v) is 3.72. The van der Waals surface area contributed by atoms with E-state index < -0.39 is 5.56 Å². The number of nitrogens with one attached hydrogen (secondary N) is 2. The van der Waals surface area contributed by atoms with Gasteiger partial charge in [-0.05, 0) is 25.9 Å². The van der Waals surface area contributed by atoms with Crippen molar-refractivity contribution in [1.29, 1.82) is 0 Å². The molecule has 0 radical (unpaired) electrons. The van der Waals surface area contributed by atoms with Crippen LogP contribution in [0.15, 0.2) is 11.0 Å². The second kappa shape index (κ2) is 8.33. The van der Waals surface area contributed by atoms with Gasteiger partial charge in [0.25, 0.3) is 5.56 Å². The molecule has 0 aliphatic carbocycles. The van der Waals surface area contributed by atoms with Gasteiger partial charge in [0, 0.05) is 6.54 Å². The third-order valence-electron chi connectivity index (χ3n) is 3.35. The normalized spacial score (nSPS) is 16.1. The minimum Gasteiger partial charge on any atom is -0.394 e. The summed E-state index contributed by atoms with van der Waals surface area (Å²) in [4.78, 5) is 11.8. The molecule has 0 unspecified atom stereocenters. The van der Waals surface area contributed by atoms with E-state index in [-0.39, 0.29) is 18.2 Å². The largest absolute Gasteiger partial charge is 0.394 e. The molecule has 1 aromatic heterocycles. The molecule has 118 valence electrons. The fourth-order valence-electron chi connectivity index (χ4n) is 2.22. The summed E-state index contributed by atoms with van der Waals surface area (Å²) in [5.41, 5.74) is 0.0831. The summed E-state index contributed by atoms with van der Waals surface area (Å²) >= 11 is 6.00. The molecule has 2 heterocycles. The predicted octanol–water partition coefficient (Wildman–Crippen LogP) is 0.0695. The third kappa shape index (κ3) is 4.67. The van der Waals surface area contributed by atoms with E-state index in [4.69, 9.17) is 21.4 Å². The number of aromatic nitrogens is 2. The zero-order chi connectivity index (χ0) is 15.1. The highest BCUT2D eigenvalue weighted by atomic mass is 35.5. The maximum absolute atomic E-state index is 11.8. The van der Waals surface area contributed by atoms with Crippen molar-refractivity contribution in [2.45, 2.75) is 25.5 Å². The molecule has 0 bridgehead atoms. The Labute approximate surface area is 128 Å². The highest BCUT2D eigenvalue weighted by molar-refractivity contribution is 6.32. The van der Waals surface area contributed by atoms with Crippen molar-refractivity contribution >= 4 is 17.3 Å². The Morgan fingerprint density at radius 1 is 1.52 bits per heavy atom. The van der Waals surface area contributed by atoms with Crippen molar-refractivity contribution in [3.05, 3.63) is 21.6 Å². The molecular weight excluding hydrogens is 296 g/mol. The Balaban J connectivity index is 1.80. The molecule has 21 heavy (non-hydrogen) atoms. The van der Waals surface area contributed by atoms with Crippen LogP contribution in [-0.2, 0) is 11.3 Å². The number of ether oxygens (including phenoxy) is 1. The Morgan fingerprint density at radius 3 is 3.00 bits per heavy atom. The molecule has 3 N–H and O–H groups in total. The topological polar surface area (TPSA) is 88.4 Å². The van der Waals surface area contributed by atoms with Crippen LogP contribution in [0.5, 0.6) is 0 Å². The van der Waals surface area contributed by atoms with Gasteiger partial charge < -0.3 is 20.5 Å². The van der Waals surface area contributed by atoms with Crippen LogP contribution >= 0.6 is 11.6 Å². The van der Waals surface area contributed by atoms with Crippen LogP contribution in [0.25, 0.3) is 0 Å². The van der Waals surface area contributed by atoms with E-state index in [0.29, 0.717) is 24.9 Å². The molecule has 1 aliphatic rings. The van der Waals surface area contributed by atoms with Crippen molar-refractivity contribution in [3.63, 3.8) is 0 Å². The van der Waals surface area contributed by atoms with E-state index in [2.05, 4.69) is 15.7 Å². The number of halogens is 1. The number of hydrogen-bond acceptors (Lipinski definition) is 6. The van der Waals surface area contributed by atoms with Gasteiger partial charge in [0.15, 0.2) is 0 Å². The summed E-state index contributed by atoms with van der Waals surface area (Å²) in [5.74, 6) is 0. The number of anilines is 1. The summed E-state index contributed by atoms with van der Waals surface area (Å²) in [6.45, 7) is 3.10. The first-order valence-electron chi connectivity index (χ1n) is 7.15. The van der Waals surface area contributed by atoms with Gasteiger partial charge in [0.05, 0.1) is 37.7 Å². The Hall–Kier alpha value is -1.15. The summed E-state index contributed by atoms with van der Waals surface area (Å²) in [6.07, 6.45) is 3.85. The average Bonchev–Trinajstić information content (AvgIpc) is 2.51. The first-order valence-corrected chi connectivity index (χ1v) is 7.53. The van der Waals surface area contributed by atoms with Crippen LogP contribution in [0.4, 0.5) is 5.69 Å². The molecule has 0 atom stereocenters. The van der Waals surface area contributed by atoms with E-state index >= 15 is 0 Å². The lowest BCUT2D eigenvalue weighted by atomic mass is 10.1. The molecule has 0 saturated carbocycles. The summed E-state index contributed by atoms with van der Waals surface area (Å²) in [7, 11) is 0. The summed E-state index contributed by atoms with van der Waals surface area (Å²) in [5, 5.41) is 19.2. The van der Waals surface area contributed by atoms with Gasteiger partial charge in [0.2, 0.25) is 0 Å². The number of piperidine rings is 1. The zero-order valence-electron chi connectivity index (χ0n) is 11.8. The molecule has 1 fully saturated rings. The number of aliphatic hydroxyl groups is 1. The van der Waals surface area contributed by atoms with Gasteiger partial charge in [-0.15, -0.1) is 0 Å². The summed E-state index contributed by atoms with van der Waals surface area (Å²) in [6, 6.07) is 0. The molecule has 7 nitrogen and oxygen atoms in total. The number of hydrogen-bond donors (Lipinski definition) is 3. The van der Waals surface area contributed by atoms with Crippen LogP contribution in [0.2, 0.25) is 5.02 Å². The fraction of sp³-hybridized carbons (Fsp3) is 0.692. The van der Waals surface area contributed by atoms with E-state index in [1.807, 2.05) is 0 Å². The van der Waals surface area contributed by atoms with E-state index in [9.17, 15) is 4.79 Å². The highest BCUT2D eigenvalue weighted by Gasteiger charge is 2.13. The van der Waals surface area contributed by atoms with E-state index in [1.54, 1.807) is 0 Å². The van der Waals surface area contributed by atoms with E-state index in [1.165, 1.54) is 6.20 Å². The molecular formula is C13H21ClN4O3. The lowest BCUT2D eigenvalue weighted by Crippen LogP contribution is -2.33. The van der Waals surface area contributed by atoms with Crippen molar-refractivity contribution in [3.8, 4) is 0 Å². The van der Waals surface area contributed by atoms with Gasteiger partial charge in [-0.1, -0.05) is 11.6 Å². The second-order valence-electron chi connectivity index (χ2n) is 4.87. The Bertz CT molecular complexity index is 503. The zero-order valence-corrected chi connectivity index (χ0v) is 12.6. The maximum atomic E-state index is 11.8. The van der Waals surface area contributed by atoms with Gasteiger partial charge in [-0.25, -0.2) is 4.68 Å². The molecule has 1 aromatic rings. The summed E-state index contributed by atoms with van der Waals surface area (Å²) < 4.78 is 6.89. The molecule has 2 rings (SSSR count). The Morgan fingerprint density at radius 2 is 2.29 bits per heavy atom. The number of rotatable bonds is 7. The number of aliphatic hydroxyl groups excluding tert-OH is 1. The SMILES string of the molecule is O=c1c(Cl)c(NCCOC2CCNCC2)cnn1CCO. The number of nitrogens with zero attached hydrogens (tertiary/aromatic N) is 2. The smallest absolute Gasteiger partial charge is 0.287 e. The maximum Gasteiger partial charge on any atom is 0.287 e. The minimum atomic E-state index is -0.407. The van der Waals surface area contributed by atoms with Crippen molar-refractivity contribution in [1.82, 2.24) is 15.1 Å². The quantitative estimate of drug-likeness (QED) is 0.617. The van der Waals surface area contributed by atoms with Gasteiger partial charge >= 0.3 is 0 Å². The first kappa shape index (κ1) is 16.2. The molecule has 0 aromatic carbocycles. The van der Waals surface area contributed by atoms with Crippen molar-refractivity contribution in [2.75, 3.05) is 38.2 Å². The van der Waals surface area contributed by atoms with Crippen LogP contribution in [0, 0.1) is 0 Å². The molecule has 0 spiro atoms. The van der Waals surface area contributed by atoms with Gasteiger partial charge in [-0.3, -0.25) is 4.79 Å². The fourth-order valence-corrected chi connectivity index (χ4v) is 2.43. The van der Waals surface area contributed by atoms with E-state index in [0.717, 1.165) is 30.6 Å². The highest BCUT2D eigenvalue weighted by Crippen LogP contribution is 2.15. The van der Waals surface area contributed by atoms with Crippen LogP contribution in [-0.4, -0.2) is 53.8 Å². The average molecular weight is 317 g/mol. The van der Waals surface area contributed by atoms with Crippen molar-refractivity contribution in [2.24, 2.45) is 0 Å². The van der Waals surface area contributed by atoms with Gasteiger partial charge in [-0.2, -0.15) is 5.10 Å². The minimum absolute atomic E-state index is 0.0836. The molecule has 0 amide bonds. The predicted molar refractivity (Wildman–Crippen MR) is 80.9 cm³/mol. The standard InChI is InChI=1S/C13H21ClN4O3/c14-12-11(9-17-18(6-7-19)13(12)20)16-5-8-21-10-1-3-15-4-2-10/h9-10,15-16,19H,1-8H2. The lowest BCUT2D eigenvalue weighted by molar-refractivity contribution is 0.0394. The molecule has 1 aliphatic heterocycles. The van der Waals surface area contributed by atoms with Gasteiger partial charge in [0.1, 0.15) is 5.02 Å². The van der Waals surface area contributed by atoms with Crippen LogP contribution < -0.4 is 16.2 Å². The molecule has 8 heteroatoms. The first-order chi connectivity index (χ1) is 10.2. The monoisotopic (exact) mass is 316 g/mol. The lowest BCUT2D eigenvalue weighted by Gasteiger charge is -2.23. The van der Waals surface area contributed by atoms with Crippen LogP contribution in [0.1, 0.15) is 12.8 Å². The van der Waals surface area contributed by atoms with Crippen molar-refractivity contribution < 1.29 is 9.84 Å².